The number of carboxylic acids is 1. The van der Waals surface area contributed by atoms with Crippen LogP contribution in [-0.2, 0) is 4.79 Å². The molecule has 1 atom stereocenters. The Bertz CT molecular complexity index is 208. The van der Waals surface area contributed by atoms with Gasteiger partial charge in [-0.2, -0.15) is 0 Å². The third-order valence-corrected chi connectivity index (χ3v) is 3.28. The van der Waals surface area contributed by atoms with Crippen LogP contribution in [0.25, 0.3) is 0 Å². The van der Waals surface area contributed by atoms with Crippen LogP contribution in [0.2, 0.25) is 0 Å². The van der Waals surface area contributed by atoms with Crippen molar-refractivity contribution in [2.75, 3.05) is 19.7 Å². The van der Waals surface area contributed by atoms with Gasteiger partial charge in [-0.1, -0.05) is 0 Å². The van der Waals surface area contributed by atoms with E-state index in [9.17, 15) is 4.79 Å². The largest absolute Gasteiger partial charge is 0.481 e. The topological polar surface area (TPSA) is 60.8 Å². The van der Waals surface area contributed by atoms with Crippen molar-refractivity contribution in [3.63, 3.8) is 0 Å². The van der Waals surface area contributed by atoms with E-state index >= 15 is 0 Å². The normalized spacial score (nSPS) is 21.4. The van der Waals surface area contributed by atoms with E-state index in [1.165, 1.54) is 12.8 Å². The molecule has 0 spiro atoms. The molecule has 4 heteroatoms. The molecule has 0 aromatic rings. The zero-order valence-electron chi connectivity index (χ0n) is 9.90. The summed E-state index contributed by atoms with van der Waals surface area (Å²) >= 11 is 0. The molecule has 2 N–H and O–H groups in total. The fourth-order valence-electron chi connectivity index (χ4n) is 2.43. The smallest absolute Gasteiger partial charge is 0.303 e. The molecule has 0 radical (unpaired) electrons. The number of carbonyl (C=O) groups is 1. The summed E-state index contributed by atoms with van der Waals surface area (Å²) in [7, 11) is 0. The Morgan fingerprint density at radius 2 is 2.12 bits per heavy atom. The third-order valence-electron chi connectivity index (χ3n) is 3.28. The minimum atomic E-state index is -0.696. The number of rotatable bonds is 8. The number of aliphatic carboxylic acids is 1. The summed E-state index contributed by atoms with van der Waals surface area (Å²) in [5, 5.41) is 17.3. The number of hydrogen-bond acceptors (Lipinski definition) is 3. The summed E-state index contributed by atoms with van der Waals surface area (Å²) in [6.45, 7) is 2.44. The van der Waals surface area contributed by atoms with Crippen LogP contribution < -0.4 is 0 Å². The molecule has 0 aromatic carbocycles. The Balaban J connectivity index is 2.12. The molecule has 0 bridgehead atoms. The molecule has 1 saturated heterocycles. The summed E-state index contributed by atoms with van der Waals surface area (Å²) in [4.78, 5) is 12.8. The number of aliphatic hydroxyl groups excluding tert-OH is 1. The van der Waals surface area contributed by atoms with Gasteiger partial charge in [0.2, 0.25) is 0 Å². The summed E-state index contributed by atoms with van der Waals surface area (Å²) in [6, 6.07) is 0.622. The van der Waals surface area contributed by atoms with E-state index in [0.717, 1.165) is 38.8 Å². The molecule has 16 heavy (non-hydrogen) atoms. The SMILES string of the molecule is O=C(O)CCCCN1CCCC1CCCO. The number of likely N-dealkylation sites (tertiary alicyclic amines) is 1. The van der Waals surface area contributed by atoms with E-state index in [4.69, 9.17) is 10.2 Å². The van der Waals surface area contributed by atoms with Gasteiger partial charge in [-0.3, -0.25) is 4.79 Å². The Morgan fingerprint density at radius 3 is 2.81 bits per heavy atom. The van der Waals surface area contributed by atoms with Crippen LogP contribution in [0.1, 0.15) is 44.9 Å². The lowest BCUT2D eigenvalue weighted by Gasteiger charge is -2.24. The van der Waals surface area contributed by atoms with Crippen molar-refractivity contribution >= 4 is 5.97 Å². The molecular weight excluding hydrogens is 206 g/mol. The molecule has 0 amide bonds. The van der Waals surface area contributed by atoms with Crippen molar-refractivity contribution < 1.29 is 15.0 Å². The highest BCUT2D eigenvalue weighted by molar-refractivity contribution is 5.66. The second kappa shape index (κ2) is 7.63. The summed E-state index contributed by atoms with van der Waals surface area (Å²) in [5.74, 6) is -0.696. The molecule has 0 aliphatic carbocycles. The maximum Gasteiger partial charge on any atom is 0.303 e. The lowest BCUT2D eigenvalue weighted by molar-refractivity contribution is -0.137. The van der Waals surface area contributed by atoms with Crippen molar-refractivity contribution in [1.82, 2.24) is 4.90 Å². The summed E-state index contributed by atoms with van der Waals surface area (Å²) in [6.07, 6.45) is 6.48. The highest BCUT2D eigenvalue weighted by Crippen LogP contribution is 2.21. The fraction of sp³-hybridized carbons (Fsp3) is 0.917. The molecule has 1 rings (SSSR count). The maximum atomic E-state index is 10.4. The molecule has 4 nitrogen and oxygen atoms in total. The first-order chi connectivity index (χ1) is 7.74. The highest BCUT2D eigenvalue weighted by Gasteiger charge is 2.22. The van der Waals surface area contributed by atoms with Crippen LogP contribution in [-0.4, -0.2) is 46.8 Å². The zero-order chi connectivity index (χ0) is 11.8. The predicted molar refractivity (Wildman–Crippen MR) is 62.4 cm³/mol. The Kier molecular flexibility index (Phi) is 6.42. The number of hydrogen-bond donors (Lipinski definition) is 2. The minimum absolute atomic E-state index is 0.281. The van der Waals surface area contributed by atoms with Gasteiger partial charge < -0.3 is 15.1 Å². The fourth-order valence-corrected chi connectivity index (χ4v) is 2.43. The molecular formula is C12H23NO3. The van der Waals surface area contributed by atoms with Gasteiger partial charge in [0.25, 0.3) is 0 Å². The van der Waals surface area contributed by atoms with Gasteiger partial charge in [0.15, 0.2) is 0 Å². The first-order valence-corrected chi connectivity index (χ1v) is 6.30. The van der Waals surface area contributed by atoms with Crippen LogP contribution in [0, 0.1) is 0 Å². The zero-order valence-corrected chi connectivity index (χ0v) is 9.90. The van der Waals surface area contributed by atoms with Crippen molar-refractivity contribution in [1.29, 1.82) is 0 Å². The van der Waals surface area contributed by atoms with Gasteiger partial charge in [0, 0.05) is 19.1 Å². The van der Waals surface area contributed by atoms with E-state index in [-0.39, 0.29) is 13.0 Å². The van der Waals surface area contributed by atoms with E-state index in [1.54, 1.807) is 0 Å². The van der Waals surface area contributed by atoms with Gasteiger partial charge in [-0.15, -0.1) is 0 Å². The molecule has 1 unspecified atom stereocenters. The van der Waals surface area contributed by atoms with Crippen LogP contribution in [0.4, 0.5) is 0 Å². The third kappa shape index (κ3) is 4.94. The van der Waals surface area contributed by atoms with E-state index in [2.05, 4.69) is 4.90 Å². The van der Waals surface area contributed by atoms with Gasteiger partial charge in [0.05, 0.1) is 0 Å². The van der Waals surface area contributed by atoms with Crippen LogP contribution in [0.15, 0.2) is 0 Å². The average Bonchev–Trinajstić information content (AvgIpc) is 2.69. The number of aliphatic hydroxyl groups is 1. The molecule has 0 saturated carbocycles. The standard InChI is InChI=1S/C12H23NO3/c14-10-4-6-11-5-3-9-13(11)8-2-1-7-12(15)16/h11,14H,1-10H2,(H,15,16). The van der Waals surface area contributed by atoms with Crippen molar-refractivity contribution in [2.24, 2.45) is 0 Å². The molecule has 1 aliphatic heterocycles. The first-order valence-electron chi connectivity index (χ1n) is 6.30. The Hall–Kier alpha value is -0.610. The predicted octanol–water partition coefficient (Wildman–Crippen LogP) is 1.48. The number of unbranched alkanes of at least 4 members (excludes halogenated alkanes) is 1. The molecule has 0 aromatic heterocycles. The quantitative estimate of drug-likeness (QED) is 0.619. The summed E-state index contributed by atoms with van der Waals surface area (Å²) in [5.41, 5.74) is 0. The molecule has 1 heterocycles. The lowest BCUT2D eigenvalue weighted by atomic mass is 10.1. The van der Waals surface area contributed by atoms with E-state index in [0.29, 0.717) is 6.04 Å². The van der Waals surface area contributed by atoms with E-state index in [1.807, 2.05) is 0 Å². The molecule has 94 valence electrons. The van der Waals surface area contributed by atoms with Crippen LogP contribution >= 0.6 is 0 Å². The van der Waals surface area contributed by atoms with Crippen molar-refractivity contribution in [3.05, 3.63) is 0 Å². The second-order valence-electron chi connectivity index (χ2n) is 4.55. The molecule has 1 fully saturated rings. The number of carboxylic acid groups (broad SMARTS) is 1. The number of nitrogens with zero attached hydrogens (tertiary/aromatic N) is 1. The summed E-state index contributed by atoms with van der Waals surface area (Å²) < 4.78 is 0. The van der Waals surface area contributed by atoms with Gasteiger partial charge in [0.1, 0.15) is 0 Å². The first kappa shape index (κ1) is 13.5. The van der Waals surface area contributed by atoms with E-state index < -0.39 is 5.97 Å². The van der Waals surface area contributed by atoms with Crippen LogP contribution in [0.3, 0.4) is 0 Å². The maximum absolute atomic E-state index is 10.4. The Labute approximate surface area is 97.3 Å². The highest BCUT2D eigenvalue weighted by atomic mass is 16.4. The average molecular weight is 229 g/mol. The van der Waals surface area contributed by atoms with Gasteiger partial charge >= 0.3 is 5.97 Å². The molecule has 1 aliphatic rings. The second-order valence-corrected chi connectivity index (χ2v) is 4.55. The Morgan fingerprint density at radius 1 is 1.31 bits per heavy atom. The van der Waals surface area contributed by atoms with Crippen LogP contribution in [0.5, 0.6) is 0 Å². The monoisotopic (exact) mass is 229 g/mol. The lowest BCUT2D eigenvalue weighted by Crippen LogP contribution is -2.30. The minimum Gasteiger partial charge on any atom is -0.481 e. The van der Waals surface area contributed by atoms with Crippen molar-refractivity contribution in [2.45, 2.75) is 51.0 Å². The van der Waals surface area contributed by atoms with Gasteiger partial charge in [-0.05, 0) is 51.6 Å². The van der Waals surface area contributed by atoms with Gasteiger partial charge in [-0.25, -0.2) is 0 Å². The van der Waals surface area contributed by atoms with Crippen molar-refractivity contribution in [3.8, 4) is 0 Å².